The Morgan fingerprint density at radius 3 is 2.38 bits per heavy atom. The van der Waals surface area contributed by atoms with Crippen LogP contribution in [0, 0.1) is 0 Å². The Kier molecular flexibility index (Phi) is 4.29. The van der Waals surface area contributed by atoms with Gasteiger partial charge in [-0.15, -0.1) is 6.58 Å². The molecule has 16 heavy (non-hydrogen) atoms. The smallest absolute Gasteiger partial charge is 0.130 e. The van der Waals surface area contributed by atoms with E-state index in [0.29, 0.717) is 6.42 Å². The van der Waals surface area contributed by atoms with E-state index in [1.807, 2.05) is 31.2 Å². The highest BCUT2D eigenvalue weighted by atomic mass is 16.5. The lowest BCUT2D eigenvalue weighted by Gasteiger charge is -2.25. The Bertz CT molecular complexity index is 354. The normalized spacial score (nSPS) is 13.9. The van der Waals surface area contributed by atoms with E-state index in [2.05, 4.69) is 6.58 Å². The van der Waals surface area contributed by atoms with Crippen molar-refractivity contribution in [3.8, 4) is 5.75 Å². The van der Waals surface area contributed by atoms with Gasteiger partial charge in [0.2, 0.25) is 0 Å². The van der Waals surface area contributed by atoms with Gasteiger partial charge in [0.05, 0.1) is 12.5 Å². The molecule has 0 aromatic heterocycles. The molecule has 0 N–H and O–H groups in total. The summed E-state index contributed by atoms with van der Waals surface area (Å²) < 4.78 is 5.10. The van der Waals surface area contributed by atoms with Gasteiger partial charge in [0.15, 0.2) is 0 Å². The molecule has 0 radical (unpaired) electrons. The van der Waals surface area contributed by atoms with Gasteiger partial charge in [-0.05, 0) is 30.5 Å². The third kappa shape index (κ3) is 2.32. The molecule has 0 saturated heterocycles. The van der Waals surface area contributed by atoms with Crippen LogP contribution in [0.1, 0.15) is 25.3 Å². The predicted molar refractivity (Wildman–Crippen MR) is 65.8 cm³/mol. The molecule has 2 nitrogen and oxygen atoms in total. The molecule has 0 saturated carbocycles. The minimum atomic E-state index is -0.436. The molecular formula is C14H18O2. The van der Waals surface area contributed by atoms with Crippen molar-refractivity contribution in [1.29, 1.82) is 0 Å². The van der Waals surface area contributed by atoms with Crippen LogP contribution in [-0.2, 0) is 10.2 Å². The zero-order valence-corrected chi connectivity index (χ0v) is 9.90. The van der Waals surface area contributed by atoms with E-state index in [4.69, 9.17) is 4.74 Å². The molecule has 0 aliphatic rings. The van der Waals surface area contributed by atoms with Crippen LogP contribution >= 0.6 is 0 Å². The minimum absolute atomic E-state index is 0.436. The number of hydrogen-bond acceptors (Lipinski definition) is 2. The number of allylic oxidation sites excluding steroid dienone is 1. The third-order valence-electron chi connectivity index (χ3n) is 3.03. The number of methoxy groups -OCH3 is 1. The molecule has 1 rings (SSSR count). The summed E-state index contributed by atoms with van der Waals surface area (Å²) in [6, 6.07) is 7.65. The van der Waals surface area contributed by atoms with Crippen LogP contribution in [0.3, 0.4) is 0 Å². The van der Waals surface area contributed by atoms with Gasteiger partial charge in [0.1, 0.15) is 12.0 Å². The standard InChI is InChI=1S/C14H18O2/c1-4-10-14(5-2,11-15)12-6-8-13(16-3)9-7-12/h4,6-9,11H,1,5,10H2,2-3H3/t14-/m0/s1. The number of benzene rings is 1. The Morgan fingerprint density at radius 2 is 2.00 bits per heavy atom. The van der Waals surface area contributed by atoms with E-state index < -0.39 is 5.41 Å². The lowest BCUT2D eigenvalue weighted by Crippen LogP contribution is -2.26. The van der Waals surface area contributed by atoms with Crippen molar-refractivity contribution >= 4 is 6.29 Å². The molecule has 0 spiro atoms. The highest BCUT2D eigenvalue weighted by molar-refractivity contribution is 5.69. The SMILES string of the molecule is C=CC[C@](C=O)(CC)c1ccc(OC)cc1. The average Bonchev–Trinajstić information content (AvgIpc) is 2.36. The number of carbonyl (C=O) groups is 1. The first kappa shape index (κ1) is 12.5. The topological polar surface area (TPSA) is 26.3 Å². The van der Waals surface area contributed by atoms with E-state index in [9.17, 15) is 4.79 Å². The summed E-state index contributed by atoms with van der Waals surface area (Å²) in [5.74, 6) is 0.804. The first-order chi connectivity index (χ1) is 7.72. The van der Waals surface area contributed by atoms with E-state index in [1.54, 1.807) is 13.2 Å². The number of hydrogen-bond donors (Lipinski definition) is 0. The molecular weight excluding hydrogens is 200 g/mol. The number of rotatable bonds is 6. The third-order valence-corrected chi connectivity index (χ3v) is 3.03. The van der Waals surface area contributed by atoms with E-state index in [0.717, 1.165) is 24.0 Å². The van der Waals surface area contributed by atoms with Gasteiger partial charge in [0, 0.05) is 0 Å². The molecule has 0 unspecified atom stereocenters. The van der Waals surface area contributed by atoms with Gasteiger partial charge in [-0.2, -0.15) is 0 Å². The van der Waals surface area contributed by atoms with E-state index in [1.165, 1.54) is 0 Å². The molecule has 0 fully saturated rings. The second kappa shape index (κ2) is 5.50. The first-order valence-corrected chi connectivity index (χ1v) is 5.44. The van der Waals surface area contributed by atoms with Crippen molar-refractivity contribution in [1.82, 2.24) is 0 Å². The second-order valence-corrected chi connectivity index (χ2v) is 3.85. The minimum Gasteiger partial charge on any atom is -0.497 e. The molecule has 2 heteroatoms. The number of carbonyl (C=O) groups excluding carboxylic acids is 1. The van der Waals surface area contributed by atoms with Gasteiger partial charge in [-0.3, -0.25) is 0 Å². The summed E-state index contributed by atoms with van der Waals surface area (Å²) >= 11 is 0. The summed E-state index contributed by atoms with van der Waals surface area (Å²) in [6.07, 6.45) is 4.26. The zero-order valence-electron chi connectivity index (χ0n) is 9.90. The van der Waals surface area contributed by atoms with Crippen LogP contribution in [0.5, 0.6) is 5.75 Å². The molecule has 0 heterocycles. The second-order valence-electron chi connectivity index (χ2n) is 3.85. The van der Waals surface area contributed by atoms with Gasteiger partial charge >= 0.3 is 0 Å². The van der Waals surface area contributed by atoms with Gasteiger partial charge < -0.3 is 9.53 Å². The van der Waals surface area contributed by atoms with Crippen molar-refractivity contribution in [3.05, 3.63) is 42.5 Å². The molecule has 0 aliphatic carbocycles. The summed E-state index contributed by atoms with van der Waals surface area (Å²) in [5.41, 5.74) is 0.583. The van der Waals surface area contributed by atoms with Gasteiger partial charge in [-0.25, -0.2) is 0 Å². The Morgan fingerprint density at radius 1 is 1.38 bits per heavy atom. The van der Waals surface area contributed by atoms with Crippen LogP contribution < -0.4 is 4.74 Å². The fourth-order valence-electron chi connectivity index (χ4n) is 1.85. The van der Waals surface area contributed by atoms with E-state index >= 15 is 0 Å². The predicted octanol–water partition coefficient (Wildman–Crippen LogP) is 3.12. The highest BCUT2D eigenvalue weighted by Gasteiger charge is 2.28. The fourth-order valence-corrected chi connectivity index (χ4v) is 1.85. The van der Waals surface area contributed by atoms with Crippen LogP contribution in [0.4, 0.5) is 0 Å². The van der Waals surface area contributed by atoms with E-state index in [-0.39, 0.29) is 0 Å². The zero-order chi connectivity index (χ0) is 12.0. The highest BCUT2D eigenvalue weighted by Crippen LogP contribution is 2.31. The van der Waals surface area contributed by atoms with Gasteiger partial charge in [0.25, 0.3) is 0 Å². The largest absolute Gasteiger partial charge is 0.497 e. The van der Waals surface area contributed by atoms with Gasteiger partial charge in [-0.1, -0.05) is 25.1 Å². The number of ether oxygens (including phenoxy) is 1. The lowest BCUT2D eigenvalue weighted by atomic mass is 9.77. The van der Waals surface area contributed by atoms with Crippen molar-refractivity contribution in [2.75, 3.05) is 7.11 Å². The van der Waals surface area contributed by atoms with Crippen LogP contribution in [0.15, 0.2) is 36.9 Å². The fraction of sp³-hybridized carbons (Fsp3) is 0.357. The molecule has 0 bridgehead atoms. The molecule has 86 valence electrons. The molecule has 1 atom stereocenters. The van der Waals surface area contributed by atoms with Crippen molar-refractivity contribution in [2.45, 2.75) is 25.2 Å². The van der Waals surface area contributed by atoms with Crippen molar-refractivity contribution in [3.63, 3.8) is 0 Å². The molecule has 1 aromatic rings. The Labute approximate surface area is 96.9 Å². The van der Waals surface area contributed by atoms with Crippen LogP contribution in [0.2, 0.25) is 0 Å². The summed E-state index contributed by atoms with van der Waals surface area (Å²) in [7, 11) is 1.63. The molecule has 0 aliphatic heterocycles. The maximum Gasteiger partial charge on any atom is 0.130 e. The quantitative estimate of drug-likeness (QED) is 0.541. The molecule has 0 amide bonds. The monoisotopic (exact) mass is 218 g/mol. The summed E-state index contributed by atoms with van der Waals surface area (Å²) in [5, 5.41) is 0. The summed E-state index contributed by atoms with van der Waals surface area (Å²) in [6.45, 7) is 5.73. The Balaban J connectivity index is 3.09. The van der Waals surface area contributed by atoms with Crippen molar-refractivity contribution in [2.24, 2.45) is 0 Å². The van der Waals surface area contributed by atoms with Crippen LogP contribution in [-0.4, -0.2) is 13.4 Å². The summed E-state index contributed by atoms with van der Waals surface area (Å²) in [4.78, 5) is 11.3. The maximum absolute atomic E-state index is 11.3. The first-order valence-electron chi connectivity index (χ1n) is 5.44. The maximum atomic E-state index is 11.3. The lowest BCUT2D eigenvalue weighted by molar-refractivity contribution is -0.112. The number of aldehydes is 1. The van der Waals surface area contributed by atoms with Crippen LogP contribution in [0.25, 0.3) is 0 Å². The van der Waals surface area contributed by atoms with Crippen molar-refractivity contribution < 1.29 is 9.53 Å². The average molecular weight is 218 g/mol. The molecule has 1 aromatic carbocycles. The Hall–Kier alpha value is -1.57.